The van der Waals surface area contributed by atoms with E-state index >= 15 is 0 Å². The number of anilines is 1. The number of aryl methyl sites for hydroxylation is 1. The van der Waals surface area contributed by atoms with Gasteiger partial charge >= 0.3 is 11.8 Å². The molecule has 3 atom stereocenters. The van der Waals surface area contributed by atoms with Gasteiger partial charge in [-0.1, -0.05) is 36.6 Å². The van der Waals surface area contributed by atoms with Gasteiger partial charge in [-0.05, 0) is 89.5 Å². The Morgan fingerprint density at radius 3 is 2.50 bits per heavy atom. The van der Waals surface area contributed by atoms with E-state index in [1.807, 2.05) is 51.4 Å². The lowest BCUT2D eigenvalue weighted by atomic mass is 9.88. The van der Waals surface area contributed by atoms with Gasteiger partial charge in [-0.2, -0.15) is 0 Å². The summed E-state index contributed by atoms with van der Waals surface area (Å²) >= 11 is 4.82. The predicted octanol–water partition coefficient (Wildman–Crippen LogP) is 4.74. The van der Waals surface area contributed by atoms with Gasteiger partial charge in [0.15, 0.2) is 0 Å². The summed E-state index contributed by atoms with van der Waals surface area (Å²) in [6, 6.07) is 6.24. The van der Waals surface area contributed by atoms with Crippen molar-refractivity contribution in [1.82, 2.24) is 35.0 Å². The van der Waals surface area contributed by atoms with Crippen LogP contribution in [0.25, 0.3) is 11.0 Å². The Hall–Kier alpha value is -5.21. The summed E-state index contributed by atoms with van der Waals surface area (Å²) in [6.45, 7) is 8.93. The third kappa shape index (κ3) is 12.0. The highest BCUT2D eigenvalue weighted by Crippen LogP contribution is 2.36. The second kappa shape index (κ2) is 20.8. The van der Waals surface area contributed by atoms with Crippen molar-refractivity contribution < 1.29 is 28.7 Å². The summed E-state index contributed by atoms with van der Waals surface area (Å²) in [5, 5.41) is 7.18. The van der Waals surface area contributed by atoms with Gasteiger partial charge in [0, 0.05) is 98.0 Å². The zero-order valence-electron chi connectivity index (χ0n) is 36.2. The van der Waals surface area contributed by atoms with E-state index in [0.717, 1.165) is 74.8 Å². The number of aromatic nitrogens is 3. The smallest absolute Gasteiger partial charge is 0.407 e. The fourth-order valence-electron chi connectivity index (χ4n) is 8.58. The number of piperidine rings is 2. The number of likely N-dealkylation sites (tertiary alicyclic amines) is 1. The number of ether oxygens (including phenoxy) is 1. The summed E-state index contributed by atoms with van der Waals surface area (Å²) in [5.41, 5.74) is 3.72. The van der Waals surface area contributed by atoms with Gasteiger partial charge in [0.2, 0.25) is 17.7 Å². The van der Waals surface area contributed by atoms with E-state index in [1.165, 1.54) is 9.13 Å². The average molecular weight is 883 g/mol. The van der Waals surface area contributed by atoms with Crippen LogP contribution in [0.4, 0.5) is 15.3 Å². The molecule has 2 aromatic heterocycles. The van der Waals surface area contributed by atoms with E-state index in [9.17, 15) is 28.8 Å². The minimum absolute atomic E-state index is 0.121. The maximum absolute atomic E-state index is 13.6. The topological polar surface area (TPSA) is 177 Å². The van der Waals surface area contributed by atoms with Crippen LogP contribution in [0.1, 0.15) is 114 Å². The van der Waals surface area contributed by atoms with E-state index in [0.29, 0.717) is 49.4 Å². The molecule has 3 fully saturated rings. The van der Waals surface area contributed by atoms with Gasteiger partial charge in [0.1, 0.15) is 17.7 Å². The zero-order valence-corrected chi connectivity index (χ0v) is 38.0. The largest absolute Gasteiger partial charge is 0.719 e. The molecule has 3 aliphatic rings. The zero-order chi connectivity index (χ0) is 44.6. The van der Waals surface area contributed by atoms with E-state index in [-0.39, 0.29) is 41.8 Å². The molecule has 17 heteroatoms. The van der Waals surface area contributed by atoms with Crippen LogP contribution in [0.5, 0.6) is 0 Å². The first-order valence-electron chi connectivity index (χ1n) is 21.7. The normalized spacial score (nSPS) is 18.3. The number of amides is 5. The molecule has 15 nitrogen and oxygen atoms in total. The molecule has 0 bridgehead atoms. The Morgan fingerprint density at radius 2 is 1.79 bits per heavy atom. The van der Waals surface area contributed by atoms with Crippen LogP contribution in [-0.4, -0.2) is 103 Å². The van der Waals surface area contributed by atoms with Crippen LogP contribution in [0, 0.1) is 17.8 Å². The van der Waals surface area contributed by atoms with Gasteiger partial charge in [-0.3, -0.25) is 33.8 Å². The third-order valence-electron chi connectivity index (χ3n) is 12.0. The van der Waals surface area contributed by atoms with E-state index in [4.69, 9.17) is 17.4 Å². The summed E-state index contributed by atoms with van der Waals surface area (Å²) in [5.74, 6) is 6.39. The number of imidazole rings is 1. The molecule has 3 aliphatic heterocycles. The number of hydrogen-bond donors (Lipinski definition) is 3. The molecule has 0 aliphatic carbocycles. The molecule has 0 saturated carbocycles. The highest BCUT2D eigenvalue weighted by molar-refractivity contribution is 7.76. The van der Waals surface area contributed by atoms with Crippen LogP contribution in [0.2, 0.25) is 5.54 Å². The fourth-order valence-corrected chi connectivity index (χ4v) is 9.10. The van der Waals surface area contributed by atoms with Gasteiger partial charge in [0.25, 0.3) is 0 Å². The average Bonchev–Trinajstić information content (AvgIpc) is 3.44. The number of nitrogens with one attached hydrogen (secondary N) is 3. The van der Waals surface area contributed by atoms with E-state index in [2.05, 4.69) is 54.0 Å². The minimum atomic E-state index is -0.723. The molecule has 3 saturated heterocycles. The SMILES string of the molecule is Cn1c(=O)n(C2CCC(=O)NC2=O)c2ccc(C#CCCC3CCN(c4ccncc4C4CN(C(=O)[C@H](CC[C@@H]([Si])CCCCNC(=O)OC(C)(C)C)NC(=O)[S-])C4)CC3)cc21. The number of fused-ring (bicyclic) bond motifs is 1. The van der Waals surface area contributed by atoms with Crippen LogP contribution in [0.3, 0.4) is 0 Å². The molecule has 5 heterocycles. The first-order chi connectivity index (χ1) is 29.6. The van der Waals surface area contributed by atoms with Crippen molar-refractivity contribution in [3.8, 4) is 11.8 Å². The number of benzene rings is 1. The lowest BCUT2D eigenvalue weighted by molar-refractivity contribution is -0.138. The van der Waals surface area contributed by atoms with Crippen molar-refractivity contribution >= 4 is 68.6 Å². The lowest BCUT2D eigenvalue weighted by Crippen LogP contribution is -2.56. The Kier molecular flexibility index (Phi) is 15.5. The molecule has 0 spiro atoms. The number of carbonyl (C=O) groups is 5. The summed E-state index contributed by atoms with van der Waals surface area (Å²) in [4.78, 5) is 83.4. The Labute approximate surface area is 372 Å². The van der Waals surface area contributed by atoms with E-state index < -0.39 is 34.9 Å². The second-order valence-electron chi connectivity index (χ2n) is 17.7. The molecule has 331 valence electrons. The third-order valence-corrected chi connectivity index (χ3v) is 12.7. The monoisotopic (exact) mass is 882 g/mol. The maximum atomic E-state index is 13.6. The van der Waals surface area contributed by atoms with Gasteiger partial charge < -0.3 is 42.6 Å². The number of nitrogens with zero attached hydrogens (tertiary/aromatic N) is 5. The van der Waals surface area contributed by atoms with Crippen molar-refractivity contribution in [2.24, 2.45) is 13.0 Å². The molecule has 1 aromatic carbocycles. The number of hydrogen-bond acceptors (Lipinski definition) is 10. The maximum Gasteiger partial charge on any atom is 0.407 e. The van der Waals surface area contributed by atoms with Crippen LogP contribution < -0.4 is 26.5 Å². The van der Waals surface area contributed by atoms with Crippen LogP contribution in [-0.2, 0) is 38.8 Å². The van der Waals surface area contributed by atoms with E-state index in [1.54, 1.807) is 11.9 Å². The standard InChI is InChI=1S/C45H59N8O7SSi/c1-45(2,3)60-42(57)47-21-8-7-11-32(62)13-14-34(48-43(58)61)41(56)52-27-31(28-52)33-26-46-22-18-35(33)51-23-19-29(20-24-51)9-5-6-10-30-12-15-36-38(25-30)50(4)44(59)53(36)37-16-17-39(54)49-40(37)55/h12,15,18,22,25-26,29,31-32,34,37H,5,7-9,11,13-14,16-17,19-21,23-24,27-28H2,1-4H3,(H,47,57)(H2,48,58,61)(H,49,54,55)/p-1/t32-,34-,37?/m0/s1. The molecule has 1 unspecified atom stereocenters. The molecular weight excluding hydrogens is 825 g/mol. The number of rotatable bonds is 15. The number of pyridine rings is 1. The number of imide groups is 1. The number of unbranched alkanes of at least 4 members (excludes halogenated alkanes) is 1. The van der Waals surface area contributed by atoms with Gasteiger partial charge in [-0.15, -0.1) is 0 Å². The van der Waals surface area contributed by atoms with Crippen molar-refractivity contribution in [2.45, 2.75) is 121 Å². The Morgan fingerprint density at radius 1 is 1.03 bits per heavy atom. The number of carbonyl (C=O) groups excluding carboxylic acids is 5. The number of alkyl carbamates (subject to hydrolysis) is 1. The fraction of sp³-hybridized carbons (Fsp3) is 0.578. The summed E-state index contributed by atoms with van der Waals surface area (Å²) in [7, 11) is 5.47. The Bertz CT molecular complexity index is 2250. The molecule has 3 N–H and O–H groups in total. The van der Waals surface area contributed by atoms with Crippen LogP contribution in [0.15, 0.2) is 41.5 Å². The lowest BCUT2D eigenvalue weighted by Gasteiger charge is -2.43. The van der Waals surface area contributed by atoms with Crippen molar-refractivity contribution in [1.29, 1.82) is 0 Å². The minimum Gasteiger partial charge on any atom is -0.719 e. The molecular formula is C45H58N8O7SSi-. The second-order valence-corrected chi connectivity index (χ2v) is 18.9. The molecule has 5 amide bonds. The van der Waals surface area contributed by atoms with Gasteiger partial charge in [-0.25, -0.2) is 9.59 Å². The van der Waals surface area contributed by atoms with Crippen molar-refractivity contribution in [3.05, 3.63) is 58.3 Å². The molecule has 6 rings (SSSR count). The van der Waals surface area contributed by atoms with Crippen molar-refractivity contribution in [3.63, 3.8) is 0 Å². The summed E-state index contributed by atoms with van der Waals surface area (Å²) < 4.78 is 8.27. The first kappa shape index (κ1) is 46.3. The highest BCUT2D eigenvalue weighted by Gasteiger charge is 2.37. The molecule has 3 aromatic rings. The Balaban J connectivity index is 0.940. The van der Waals surface area contributed by atoms with Crippen LogP contribution >= 0.6 is 0 Å². The quantitative estimate of drug-likeness (QED) is 0.0636. The molecule has 62 heavy (non-hydrogen) atoms. The van der Waals surface area contributed by atoms with Crippen molar-refractivity contribution in [2.75, 3.05) is 37.6 Å². The molecule has 3 radical (unpaired) electrons. The first-order valence-corrected chi connectivity index (χ1v) is 22.7. The van der Waals surface area contributed by atoms with Gasteiger partial charge in [0.05, 0.1) is 16.3 Å². The summed E-state index contributed by atoms with van der Waals surface area (Å²) in [6.07, 6.45) is 11.3. The highest BCUT2D eigenvalue weighted by atomic mass is 32.1. The predicted molar refractivity (Wildman–Crippen MR) is 240 cm³/mol.